The molecular weight excluding hydrogens is 310 g/mol. The summed E-state index contributed by atoms with van der Waals surface area (Å²) in [6, 6.07) is 1.15. The topological polar surface area (TPSA) is 154 Å². The number of aliphatic carboxylic acids is 1. The number of nitrogens with one attached hydrogen (secondary N) is 2. The highest BCUT2D eigenvalue weighted by atomic mass is 16.5. The van der Waals surface area contributed by atoms with Crippen LogP contribution >= 0.6 is 0 Å². The number of hydrogen-bond donors (Lipinski definition) is 3. The second kappa shape index (κ2) is 7.03. The van der Waals surface area contributed by atoms with E-state index in [2.05, 4.69) is 10.3 Å². The van der Waals surface area contributed by atoms with Crippen LogP contribution in [0, 0.1) is 0 Å². The van der Waals surface area contributed by atoms with Gasteiger partial charge in [-0.2, -0.15) is 0 Å². The van der Waals surface area contributed by atoms with Crippen LogP contribution in [0.3, 0.4) is 0 Å². The third-order valence-corrected chi connectivity index (χ3v) is 3.21. The highest BCUT2D eigenvalue weighted by Gasteiger charge is 2.35. The molecule has 124 valence electrons. The third kappa shape index (κ3) is 4.37. The SMILES string of the molecule is O=C([O-])/C=C\C(=O)NC[C@H]1O[C@@H](n2ccc(=O)[nH]c2=O)C[C@@H]1O. The second-order valence-corrected chi connectivity index (χ2v) is 4.85. The molecule has 2 rings (SSSR count). The quantitative estimate of drug-likeness (QED) is 0.477. The van der Waals surface area contributed by atoms with Gasteiger partial charge in [-0.3, -0.25) is 19.1 Å². The molecule has 3 atom stereocenters. The second-order valence-electron chi connectivity index (χ2n) is 4.85. The van der Waals surface area contributed by atoms with Gasteiger partial charge < -0.3 is 25.1 Å². The number of amides is 1. The Morgan fingerprint density at radius 3 is 2.87 bits per heavy atom. The monoisotopic (exact) mass is 324 g/mol. The van der Waals surface area contributed by atoms with Crippen molar-refractivity contribution in [1.29, 1.82) is 0 Å². The minimum Gasteiger partial charge on any atom is -0.545 e. The van der Waals surface area contributed by atoms with E-state index in [-0.39, 0.29) is 13.0 Å². The molecular formula is C13H14N3O7-. The molecule has 0 spiro atoms. The number of hydrogen-bond acceptors (Lipinski definition) is 7. The van der Waals surface area contributed by atoms with Crippen molar-refractivity contribution in [2.45, 2.75) is 24.9 Å². The number of carboxylic acid groups (broad SMARTS) is 1. The normalized spacial score (nSPS) is 24.0. The zero-order valence-electron chi connectivity index (χ0n) is 11.8. The average Bonchev–Trinajstić information content (AvgIpc) is 2.83. The van der Waals surface area contributed by atoms with Crippen LogP contribution < -0.4 is 21.7 Å². The minimum atomic E-state index is -1.50. The fourth-order valence-electron chi connectivity index (χ4n) is 2.13. The smallest absolute Gasteiger partial charge is 0.330 e. The van der Waals surface area contributed by atoms with E-state index < -0.39 is 41.6 Å². The maximum absolute atomic E-state index is 11.7. The number of nitrogens with zero attached hydrogens (tertiary/aromatic N) is 1. The van der Waals surface area contributed by atoms with E-state index in [0.717, 1.165) is 16.7 Å². The summed E-state index contributed by atoms with van der Waals surface area (Å²) >= 11 is 0. The molecule has 1 aromatic rings. The Kier molecular flexibility index (Phi) is 5.09. The first-order valence-electron chi connectivity index (χ1n) is 6.68. The number of carboxylic acids is 1. The van der Waals surface area contributed by atoms with Crippen LogP contribution in [0.25, 0.3) is 0 Å². The standard InChI is InChI=1S/C13H15N3O7/c17-7-5-11(16-4-3-10(19)15-13(16)22)23-8(7)6-14-9(18)1-2-12(20)21/h1-4,7-8,11,17H,5-6H2,(H,14,18)(H,20,21)(H,15,19,22)/p-1/b2-1-/t7-,8+,11+/m0/s1. The molecule has 0 bridgehead atoms. The molecule has 0 radical (unpaired) electrons. The van der Waals surface area contributed by atoms with Crippen molar-refractivity contribution in [3.8, 4) is 0 Å². The molecule has 3 N–H and O–H groups in total. The molecule has 1 aromatic heterocycles. The van der Waals surface area contributed by atoms with Gasteiger partial charge in [-0.1, -0.05) is 0 Å². The van der Waals surface area contributed by atoms with Crippen LogP contribution in [0.2, 0.25) is 0 Å². The molecule has 0 aromatic carbocycles. The molecule has 0 aliphatic carbocycles. The van der Waals surface area contributed by atoms with Gasteiger partial charge >= 0.3 is 5.69 Å². The van der Waals surface area contributed by atoms with Crippen LogP contribution in [0.1, 0.15) is 12.6 Å². The summed E-state index contributed by atoms with van der Waals surface area (Å²) in [5.41, 5.74) is -1.22. The highest BCUT2D eigenvalue weighted by Crippen LogP contribution is 2.26. The van der Waals surface area contributed by atoms with Crippen LogP contribution in [0.4, 0.5) is 0 Å². The molecule has 0 saturated carbocycles. The highest BCUT2D eigenvalue weighted by molar-refractivity contribution is 5.93. The lowest BCUT2D eigenvalue weighted by Crippen LogP contribution is -2.37. The van der Waals surface area contributed by atoms with Crippen LogP contribution in [0.5, 0.6) is 0 Å². The lowest BCUT2D eigenvalue weighted by molar-refractivity contribution is -0.297. The number of aliphatic hydroxyl groups excluding tert-OH is 1. The molecule has 1 amide bonds. The number of aromatic amines is 1. The summed E-state index contributed by atoms with van der Waals surface area (Å²) in [5.74, 6) is -2.19. The Balaban J connectivity index is 1.96. The van der Waals surface area contributed by atoms with Gasteiger partial charge in [-0.25, -0.2) is 4.79 Å². The predicted octanol–water partition coefficient (Wildman–Crippen LogP) is -3.39. The van der Waals surface area contributed by atoms with E-state index in [9.17, 15) is 29.4 Å². The van der Waals surface area contributed by atoms with Gasteiger partial charge in [0.05, 0.1) is 12.1 Å². The molecule has 1 aliphatic rings. The van der Waals surface area contributed by atoms with Gasteiger partial charge in [-0.15, -0.1) is 0 Å². The number of rotatable bonds is 5. The summed E-state index contributed by atoms with van der Waals surface area (Å²) in [5, 5.41) is 22.4. The van der Waals surface area contributed by atoms with E-state index >= 15 is 0 Å². The fraction of sp³-hybridized carbons (Fsp3) is 0.385. The van der Waals surface area contributed by atoms with Crippen molar-refractivity contribution in [3.05, 3.63) is 45.3 Å². The van der Waals surface area contributed by atoms with Gasteiger partial charge in [0.2, 0.25) is 5.91 Å². The largest absolute Gasteiger partial charge is 0.545 e. The summed E-state index contributed by atoms with van der Waals surface area (Å²) in [7, 11) is 0. The van der Waals surface area contributed by atoms with E-state index in [1.807, 2.05) is 0 Å². The first-order chi connectivity index (χ1) is 10.9. The van der Waals surface area contributed by atoms with Crippen LogP contribution in [-0.4, -0.2) is 45.3 Å². The van der Waals surface area contributed by atoms with Gasteiger partial charge in [0.15, 0.2) is 0 Å². The molecule has 10 heteroatoms. The van der Waals surface area contributed by atoms with E-state index in [1.165, 1.54) is 6.20 Å². The fourth-order valence-corrected chi connectivity index (χ4v) is 2.13. The summed E-state index contributed by atoms with van der Waals surface area (Å²) in [4.78, 5) is 46.3. The minimum absolute atomic E-state index is 0.0774. The van der Waals surface area contributed by atoms with Crippen molar-refractivity contribution in [2.24, 2.45) is 0 Å². The first-order valence-corrected chi connectivity index (χ1v) is 6.68. The zero-order valence-corrected chi connectivity index (χ0v) is 11.8. The molecule has 1 saturated heterocycles. The van der Waals surface area contributed by atoms with E-state index in [0.29, 0.717) is 6.08 Å². The van der Waals surface area contributed by atoms with Gasteiger partial charge in [0.25, 0.3) is 5.56 Å². The van der Waals surface area contributed by atoms with Crippen LogP contribution in [-0.2, 0) is 14.3 Å². The average molecular weight is 324 g/mol. The summed E-state index contributed by atoms with van der Waals surface area (Å²) in [6.07, 6.45) is 0.201. The Bertz CT molecular complexity index is 736. The Labute approximate surface area is 129 Å². The number of carbonyl (C=O) groups excluding carboxylic acids is 2. The molecule has 1 aliphatic heterocycles. The number of carbonyl (C=O) groups is 2. The maximum Gasteiger partial charge on any atom is 0.330 e. The molecule has 2 heterocycles. The van der Waals surface area contributed by atoms with Gasteiger partial charge in [-0.05, 0) is 6.08 Å². The molecule has 0 unspecified atom stereocenters. The van der Waals surface area contributed by atoms with Crippen molar-refractivity contribution < 1.29 is 24.5 Å². The van der Waals surface area contributed by atoms with Crippen LogP contribution in [0.15, 0.2) is 34.0 Å². The van der Waals surface area contributed by atoms with Crippen molar-refractivity contribution in [1.82, 2.24) is 14.9 Å². The van der Waals surface area contributed by atoms with Crippen molar-refractivity contribution in [3.63, 3.8) is 0 Å². The Morgan fingerprint density at radius 2 is 2.22 bits per heavy atom. The zero-order chi connectivity index (χ0) is 17.0. The number of aromatic nitrogens is 2. The van der Waals surface area contributed by atoms with Gasteiger partial charge in [0.1, 0.15) is 12.3 Å². The third-order valence-electron chi connectivity index (χ3n) is 3.21. The number of ether oxygens (including phenoxy) is 1. The Morgan fingerprint density at radius 1 is 1.48 bits per heavy atom. The van der Waals surface area contributed by atoms with Gasteiger partial charge in [0, 0.05) is 31.3 Å². The Hall–Kier alpha value is -2.72. The lowest BCUT2D eigenvalue weighted by atomic mass is 10.2. The summed E-state index contributed by atoms with van der Waals surface area (Å²) < 4.78 is 6.61. The lowest BCUT2D eigenvalue weighted by Gasteiger charge is -2.16. The number of aliphatic hydroxyl groups is 1. The molecule has 23 heavy (non-hydrogen) atoms. The van der Waals surface area contributed by atoms with Crippen molar-refractivity contribution in [2.75, 3.05) is 6.54 Å². The first kappa shape index (κ1) is 16.6. The van der Waals surface area contributed by atoms with Crippen molar-refractivity contribution >= 4 is 11.9 Å². The van der Waals surface area contributed by atoms with E-state index in [4.69, 9.17) is 4.74 Å². The number of H-pyrrole nitrogens is 1. The van der Waals surface area contributed by atoms with E-state index in [1.54, 1.807) is 0 Å². The predicted molar refractivity (Wildman–Crippen MR) is 73.0 cm³/mol. The maximum atomic E-state index is 11.7. The summed E-state index contributed by atoms with van der Waals surface area (Å²) in [6.45, 7) is -0.0774. The molecule has 10 nitrogen and oxygen atoms in total. The molecule has 1 fully saturated rings.